The summed E-state index contributed by atoms with van der Waals surface area (Å²) in [5.74, 6) is -1.47. The molecule has 0 saturated carbocycles. The largest absolute Gasteiger partial charge is 0.381 e. The number of halogens is 2. The van der Waals surface area contributed by atoms with Crippen molar-refractivity contribution in [2.24, 2.45) is 0 Å². The Bertz CT molecular complexity index is 911. The molecule has 6 nitrogen and oxygen atoms in total. The van der Waals surface area contributed by atoms with Gasteiger partial charge in [-0.25, -0.2) is 17.8 Å². The van der Waals surface area contributed by atoms with E-state index in [1.54, 1.807) is 0 Å². The molecular formula is C18H18ClFN2O4S. The molecule has 144 valence electrons. The lowest BCUT2D eigenvalue weighted by Crippen LogP contribution is -2.49. The SMILES string of the molecule is O=C(NS(=O)(=O)Cc1ccc(Cl)nc1)C1(c2ccc(F)cc2)CCOCC1. The summed E-state index contributed by atoms with van der Waals surface area (Å²) < 4.78 is 45.7. The number of amides is 1. The van der Waals surface area contributed by atoms with Crippen LogP contribution in [0.1, 0.15) is 24.0 Å². The van der Waals surface area contributed by atoms with Crippen LogP contribution >= 0.6 is 11.6 Å². The van der Waals surface area contributed by atoms with E-state index in [0.29, 0.717) is 37.2 Å². The smallest absolute Gasteiger partial charge is 0.244 e. The van der Waals surface area contributed by atoms with Crippen LogP contribution in [0.15, 0.2) is 42.6 Å². The van der Waals surface area contributed by atoms with Gasteiger partial charge in [0.2, 0.25) is 15.9 Å². The Hall–Kier alpha value is -2.03. The summed E-state index contributed by atoms with van der Waals surface area (Å²) in [7, 11) is -3.95. The second-order valence-corrected chi connectivity index (χ2v) is 8.49. The third-order valence-corrected chi connectivity index (χ3v) is 6.00. The van der Waals surface area contributed by atoms with Gasteiger partial charge in [-0.05, 0) is 42.2 Å². The molecule has 0 aliphatic carbocycles. The molecule has 2 heterocycles. The number of benzene rings is 1. The summed E-state index contributed by atoms with van der Waals surface area (Å²) in [6, 6.07) is 8.54. The average molecular weight is 413 g/mol. The lowest BCUT2D eigenvalue weighted by Gasteiger charge is -2.36. The first kappa shape index (κ1) is 19.7. The van der Waals surface area contributed by atoms with Gasteiger partial charge in [-0.1, -0.05) is 29.8 Å². The molecule has 0 radical (unpaired) electrons. The first-order valence-corrected chi connectivity index (χ1v) is 10.3. The number of hydrogen-bond donors (Lipinski definition) is 1. The van der Waals surface area contributed by atoms with Crippen molar-refractivity contribution in [2.45, 2.75) is 24.0 Å². The predicted molar refractivity (Wildman–Crippen MR) is 98.1 cm³/mol. The molecule has 1 aliphatic rings. The summed E-state index contributed by atoms with van der Waals surface area (Å²) in [5, 5.41) is 0.248. The van der Waals surface area contributed by atoms with Crippen molar-refractivity contribution in [1.29, 1.82) is 0 Å². The van der Waals surface area contributed by atoms with Crippen LogP contribution < -0.4 is 4.72 Å². The average Bonchev–Trinajstić information content (AvgIpc) is 2.64. The van der Waals surface area contributed by atoms with E-state index in [2.05, 4.69) is 9.71 Å². The molecule has 1 saturated heterocycles. The highest BCUT2D eigenvalue weighted by Gasteiger charge is 2.43. The minimum absolute atomic E-state index is 0.248. The zero-order valence-electron chi connectivity index (χ0n) is 14.3. The van der Waals surface area contributed by atoms with Crippen LogP contribution in [0.4, 0.5) is 4.39 Å². The van der Waals surface area contributed by atoms with E-state index in [-0.39, 0.29) is 5.15 Å². The van der Waals surface area contributed by atoms with Gasteiger partial charge in [0.15, 0.2) is 0 Å². The summed E-state index contributed by atoms with van der Waals surface area (Å²) >= 11 is 5.70. The fourth-order valence-electron chi connectivity index (χ4n) is 3.12. The van der Waals surface area contributed by atoms with Crippen molar-refractivity contribution in [1.82, 2.24) is 9.71 Å². The van der Waals surface area contributed by atoms with Crippen molar-refractivity contribution >= 4 is 27.5 Å². The molecule has 1 aromatic carbocycles. The third kappa shape index (κ3) is 4.63. The number of carbonyl (C=O) groups excluding carboxylic acids is 1. The maximum absolute atomic E-state index is 13.3. The van der Waals surface area contributed by atoms with Crippen LogP contribution in [-0.2, 0) is 30.7 Å². The monoisotopic (exact) mass is 412 g/mol. The molecule has 0 atom stereocenters. The van der Waals surface area contributed by atoms with Gasteiger partial charge < -0.3 is 4.74 Å². The first-order chi connectivity index (χ1) is 12.8. The van der Waals surface area contributed by atoms with E-state index >= 15 is 0 Å². The maximum Gasteiger partial charge on any atom is 0.244 e. The molecule has 0 unspecified atom stereocenters. The topological polar surface area (TPSA) is 85.4 Å². The van der Waals surface area contributed by atoms with Gasteiger partial charge in [0, 0.05) is 19.4 Å². The number of carbonyl (C=O) groups is 1. The second-order valence-electron chi connectivity index (χ2n) is 6.38. The van der Waals surface area contributed by atoms with Crippen molar-refractivity contribution in [2.75, 3.05) is 13.2 Å². The van der Waals surface area contributed by atoms with Gasteiger partial charge in [0.1, 0.15) is 11.0 Å². The molecule has 27 heavy (non-hydrogen) atoms. The Morgan fingerprint density at radius 2 is 1.85 bits per heavy atom. The minimum atomic E-state index is -3.95. The lowest BCUT2D eigenvalue weighted by molar-refractivity contribution is -0.128. The molecule has 1 amide bonds. The summed E-state index contributed by atoms with van der Waals surface area (Å²) in [6.07, 6.45) is 1.96. The normalized spacial score (nSPS) is 16.7. The molecule has 1 N–H and O–H groups in total. The van der Waals surface area contributed by atoms with Crippen molar-refractivity contribution in [3.8, 4) is 0 Å². The van der Waals surface area contributed by atoms with Crippen molar-refractivity contribution < 1.29 is 22.3 Å². The number of hydrogen-bond acceptors (Lipinski definition) is 5. The summed E-state index contributed by atoms with van der Waals surface area (Å²) in [4.78, 5) is 16.8. The Kier molecular flexibility index (Phi) is 5.78. The van der Waals surface area contributed by atoms with E-state index in [1.807, 2.05) is 0 Å². The van der Waals surface area contributed by atoms with Crippen molar-refractivity contribution in [3.63, 3.8) is 0 Å². The molecule has 0 bridgehead atoms. The number of nitrogens with zero attached hydrogens (tertiary/aromatic N) is 1. The molecule has 1 aromatic heterocycles. The number of ether oxygens (including phenoxy) is 1. The highest BCUT2D eigenvalue weighted by Crippen LogP contribution is 2.35. The Labute approximate surface area is 161 Å². The van der Waals surface area contributed by atoms with E-state index in [0.717, 1.165) is 0 Å². The molecule has 1 aliphatic heterocycles. The van der Waals surface area contributed by atoms with Gasteiger partial charge >= 0.3 is 0 Å². The van der Waals surface area contributed by atoms with Crippen LogP contribution in [0, 0.1) is 5.82 Å². The highest BCUT2D eigenvalue weighted by atomic mass is 35.5. The zero-order chi connectivity index (χ0) is 19.5. The van der Waals surface area contributed by atoms with Crippen LogP contribution in [-0.4, -0.2) is 32.5 Å². The van der Waals surface area contributed by atoms with Gasteiger partial charge in [0.05, 0.1) is 11.2 Å². The molecule has 3 rings (SSSR count). The fourth-order valence-corrected chi connectivity index (χ4v) is 4.39. The summed E-state index contributed by atoms with van der Waals surface area (Å²) in [6.45, 7) is 0.623. The molecule has 1 fully saturated rings. The van der Waals surface area contributed by atoms with E-state index in [1.165, 1.54) is 42.6 Å². The van der Waals surface area contributed by atoms with E-state index in [4.69, 9.17) is 16.3 Å². The van der Waals surface area contributed by atoms with Gasteiger partial charge in [0.25, 0.3) is 0 Å². The van der Waals surface area contributed by atoms with Crippen LogP contribution in [0.2, 0.25) is 5.15 Å². The molecule has 2 aromatic rings. The number of rotatable bonds is 5. The Morgan fingerprint density at radius 1 is 1.19 bits per heavy atom. The van der Waals surface area contributed by atoms with E-state index in [9.17, 15) is 17.6 Å². The van der Waals surface area contributed by atoms with E-state index < -0.39 is 32.9 Å². The van der Waals surface area contributed by atoms with Crippen LogP contribution in [0.5, 0.6) is 0 Å². The minimum Gasteiger partial charge on any atom is -0.381 e. The first-order valence-electron chi connectivity index (χ1n) is 8.30. The number of pyridine rings is 1. The Balaban J connectivity index is 1.83. The molecule has 0 spiro atoms. The standard InChI is InChI=1S/C18H18ClFN2O4S/c19-16-6-1-13(11-21-16)12-27(24,25)22-17(23)18(7-9-26-10-8-18)14-2-4-15(20)5-3-14/h1-6,11H,7-10,12H2,(H,22,23). The number of sulfonamides is 1. The van der Waals surface area contributed by atoms with Gasteiger partial charge in [-0.2, -0.15) is 0 Å². The fraction of sp³-hybridized carbons (Fsp3) is 0.333. The predicted octanol–water partition coefficient (Wildman–Crippen LogP) is 2.57. The highest BCUT2D eigenvalue weighted by molar-refractivity contribution is 7.89. The third-order valence-electron chi connectivity index (χ3n) is 4.57. The Morgan fingerprint density at radius 3 is 2.44 bits per heavy atom. The molecular weight excluding hydrogens is 395 g/mol. The zero-order valence-corrected chi connectivity index (χ0v) is 15.9. The summed E-state index contributed by atoms with van der Waals surface area (Å²) in [5.41, 5.74) is -0.118. The second kappa shape index (κ2) is 7.92. The quantitative estimate of drug-likeness (QED) is 0.763. The lowest BCUT2D eigenvalue weighted by atomic mass is 9.73. The van der Waals surface area contributed by atoms with Gasteiger partial charge in [-0.15, -0.1) is 0 Å². The maximum atomic E-state index is 13.3. The van der Waals surface area contributed by atoms with Crippen molar-refractivity contribution in [3.05, 3.63) is 64.7 Å². The number of aromatic nitrogens is 1. The number of nitrogens with one attached hydrogen (secondary N) is 1. The van der Waals surface area contributed by atoms with Gasteiger partial charge in [-0.3, -0.25) is 9.52 Å². The van der Waals surface area contributed by atoms with Crippen LogP contribution in [0.3, 0.4) is 0 Å². The molecule has 9 heteroatoms. The van der Waals surface area contributed by atoms with Crippen LogP contribution in [0.25, 0.3) is 0 Å².